The number of halogens is 1. The molecule has 1 aromatic rings. The van der Waals surface area contributed by atoms with Crippen molar-refractivity contribution in [1.82, 2.24) is 10.6 Å². The van der Waals surface area contributed by atoms with Crippen LogP contribution in [0.2, 0.25) is 0 Å². The molecule has 0 unspecified atom stereocenters. The summed E-state index contributed by atoms with van der Waals surface area (Å²) in [5.41, 5.74) is 0.779. The Morgan fingerprint density at radius 3 is 2.18 bits per heavy atom. The van der Waals surface area contributed by atoms with Crippen molar-refractivity contribution in [2.45, 2.75) is 6.42 Å². The lowest BCUT2D eigenvalue weighted by molar-refractivity contribution is -0.119. The molecule has 1 aromatic carbocycles. The summed E-state index contributed by atoms with van der Waals surface area (Å²) in [6.45, 7) is 0. The average Bonchev–Trinajstić information content (AvgIpc) is 2.29. The summed E-state index contributed by atoms with van der Waals surface area (Å²) in [7, 11) is 0. The van der Waals surface area contributed by atoms with Crippen LogP contribution in [-0.4, -0.2) is 23.7 Å². The van der Waals surface area contributed by atoms with Crippen molar-refractivity contribution in [1.29, 1.82) is 0 Å². The van der Waals surface area contributed by atoms with E-state index >= 15 is 0 Å². The van der Waals surface area contributed by atoms with Gasteiger partial charge in [0.15, 0.2) is 0 Å². The van der Waals surface area contributed by atoms with Crippen LogP contribution in [0.4, 0.5) is 4.79 Å². The molecular formula is C11H11ClN2O3. The number of carbonyl (C=O) groups is 3. The number of alkyl halides is 1. The zero-order valence-corrected chi connectivity index (χ0v) is 9.66. The zero-order chi connectivity index (χ0) is 12.7. The SMILES string of the molecule is O=C(CCl)NC(=O)NC(=O)Cc1ccccc1. The molecule has 0 heterocycles. The van der Waals surface area contributed by atoms with Crippen LogP contribution in [0.25, 0.3) is 0 Å². The van der Waals surface area contributed by atoms with Gasteiger partial charge in [-0.25, -0.2) is 4.79 Å². The van der Waals surface area contributed by atoms with Crippen molar-refractivity contribution in [2.24, 2.45) is 0 Å². The Labute approximate surface area is 103 Å². The molecule has 5 nitrogen and oxygen atoms in total. The standard InChI is InChI=1S/C11H11ClN2O3/c12-7-10(16)14-11(17)13-9(15)6-8-4-2-1-3-5-8/h1-5H,6-7H2,(H2,13,14,15,16,17). The highest BCUT2D eigenvalue weighted by molar-refractivity contribution is 6.28. The maximum absolute atomic E-state index is 11.4. The lowest BCUT2D eigenvalue weighted by atomic mass is 10.1. The maximum Gasteiger partial charge on any atom is 0.328 e. The summed E-state index contributed by atoms with van der Waals surface area (Å²) < 4.78 is 0. The molecule has 4 amide bonds. The molecule has 0 spiro atoms. The highest BCUT2D eigenvalue weighted by Crippen LogP contribution is 1.98. The number of rotatable bonds is 3. The molecule has 0 fully saturated rings. The first kappa shape index (κ1) is 13.2. The summed E-state index contributed by atoms with van der Waals surface area (Å²) >= 11 is 5.19. The highest BCUT2D eigenvalue weighted by atomic mass is 35.5. The Bertz CT molecular complexity index is 420. The van der Waals surface area contributed by atoms with Crippen LogP contribution in [0.1, 0.15) is 5.56 Å². The Hall–Kier alpha value is -1.88. The van der Waals surface area contributed by atoms with Gasteiger partial charge in [0.05, 0.1) is 6.42 Å². The van der Waals surface area contributed by atoms with E-state index in [2.05, 4.69) is 0 Å². The Balaban J connectivity index is 2.40. The minimum atomic E-state index is -0.864. The van der Waals surface area contributed by atoms with Crippen molar-refractivity contribution in [2.75, 3.05) is 5.88 Å². The van der Waals surface area contributed by atoms with E-state index in [1.165, 1.54) is 0 Å². The molecule has 0 aliphatic heterocycles. The lowest BCUT2D eigenvalue weighted by Gasteiger charge is -2.04. The molecule has 90 valence electrons. The van der Waals surface area contributed by atoms with Crippen LogP contribution in [0.5, 0.6) is 0 Å². The molecule has 1 rings (SSSR count). The molecule has 0 atom stereocenters. The third-order valence-electron chi connectivity index (χ3n) is 1.83. The number of nitrogens with one attached hydrogen (secondary N) is 2. The van der Waals surface area contributed by atoms with Gasteiger partial charge in [-0.1, -0.05) is 30.3 Å². The Kier molecular flexibility index (Phi) is 5.16. The number of benzene rings is 1. The van der Waals surface area contributed by atoms with E-state index in [9.17, 15) is 14.4 Å². The average molecular weight is 255 g/mol. The molecule has 6 heteroatoms. The zero-order valence-electron chi connectivity index (χ0n) is 8.90. The smallest absolute Gasteiger partial charge is 0.277 e. The van der Waals surface area contributed by atoms with Crippen LogP contribution in [0.3, 0.4) is 0 Å². The molecule has 17 heavy (non-hydrogen) atoms. The van der Waals surface area contributed by atoms with Crippen molar-refractivity contribution >= 4 is 29.4 Å². The summed E-state index contributed by atoms with van der Waals surface area (Å²) in [6, 6.07) is 8.08. The van der Waals surface area contributed by atoms with Crippen LogP contribution in [-0.2, 0) is 16.0 Å². The van der Waals surface area contributed by atoms with Crippen LogP contribution in [0.15, 0.2) is 30.3 Å². The molecule has 0 aliphatic rings. The van der Waals surface area contributed by atoms with E-state index in [1.54, 1.807) is 24.3 Å². The molecule has 0 saturated carbocycles. The van der Waals surface area contributed by atoms with Gasteiger partial charge < -0.3 is 0 Å². The largest absolute Gasteiger partial charge is 0.328 e. The van der Waals surface area contributed by atoms with Gasteiger partial charge in [0.1, 0.15) is 5.88 Å². The quantitative estimate of drug-likeness (QED) is 0.784. The van der Waals surface area contributed by atoms with Gasteiger partial charge in [-0.3, -0.25) is 20.2 Å². The third-order valence-corrected chi connectivity index (χ3v) is 2.08. The fourth-order valence-corrected chi connectivity index (χ4v) is 1.21. The molecule has 2 N–H and O–H groups in total. The second-order valence-electron chi connectivity index (χ2n) is 3.22. The van der Waals surface area contributed by atoms with E-state index in [1.807, 2.05) is 16.7 Å². The van der Waals surface area contributed by atoms with E-state index in [0.29, 0.717) is 0 Å². The van der Waals surface area contributed by atoms with Gasteiger partial charge >= 0.3 is 6.03 Å². The normalized spacial score (nSPS) is 9.47. The van der Waals surface area contributed by atoms with Crippen molar-refractivity contribution in [3.63, 3.8) is 0 Å². The van der Waals surface area contributed by atoms with Gasteiger partial charge in [-0.2, -0.15) is 0 Å². The fraction of sp³-hybridized carbons (Fsp3) is 0.182. The number of carbonyl (C=O) groups excluding carboxylic acids is 3. The summed E-state index contributed by atoms with van der Waals surface area (Å²) in [6.07, 6.45) is 0.0727. The fourth-order valence-electron chi connectivity index (χ4n) is 1.14. The Morgan fingerprint density at radius 2 is 1.59 bits per heavy atom. The van der Waals surface area contributed by atoms with Gasteiger partial charge in [0.25, 0.3) is 0 Å². The Morgan fingerprint density at radius 1 is 1.00 bits per heavy atom. The number of hydrogen-bond acceptors (Lipinski definition) is 3. The number of urea groups is 1. The first-order valence-corrected chi connectivity index (χ1v) is 5.39. The maximum atomic E-state index is 11.4. The van der Waals surface area contributed by atoms with Crippen molar-refractivity contribution in [3.8, 4) is 0 Å². The number of imide groups is 2. The van der Waals surface area contributed by atoms with Crippen LogP contribution in [0, 0.1) is 0 Å². The minimum Gasteiger partial charge on any atom is -0.277 e. The summed E-state index contributed by atoms with van der Waals surface area (Å²) in [4.78, 5) is 33.2. The van der Waals surface area contributed by atoms with Gasteiger partial charge in [0.2, 0.25) is 11.8 Å². The summed E-state index contributed by atoms with van der Waals surface area (Å²) in [5, 5.41) is 3.93. The predicted molar refractivity (Wildman–Crippen MR) is 62.5 cm³/mol. The first-order chi connectivity index (χ1) is 8.11. The van der Waals surface area contributed by atoms with E-state index in [4.69, 9.17) is 11.6 Å². The molecule has 0 radical (unpaired) electrons. The lowest BCUT2D eigenvalue weighted by Crippen LogP contribution is -2.43. The van der Waals surface area contributed by atoms with Crippen LogP contribution < -0.4 is 10.6 Å². The molecular weight excluding hydrogens is 244 g/mol. The first-order valence-electron chi connectivity index (χ1n) is 4.85. The van der Waals surface area contributed by atoms with Gasteiger partial charge in [-0.15, -0.1) is 11.6 Å². The highest BCUT2D eigenvalue weighted by Gasteiger charge is 2.10. The predicted octanol–water partition coefficient (Wildman–Crippen LogP) is 0.820. The van der Waals surface area contributed by atoms with Crippen LogP contribution >= 0.6 is 11.6 Å². The topological polar surface area (TPSA) is 75.3 Å². The monoisotopic (exact) mass is 254 g/mol. The number of amides is 4. The minimum absolute atomic E-state index is 0.0727. The van der Waals surface area contributed by atoms with E-state index < -0.39 is 17.8 Å². The molecule has 0 aromatic heterocycles. The molecule has 0 saturated heterocycles. The van der Waals surface area contributed by atoms with Gasteiger partial charge in [0, 0.05) is 0 Å². The second-order valence-corrected chi connectivity index (χ2v) is 3.49. The molecule has 0 bridgehead atoms. The number of hydrogen-bond donors (Lipinski definition) is 2. The van der Waals surface area contributed by atoms with Gasteiger partial charge in [-0.05, 0) is 5.56 Å². The van der Waals surface area contributed by atoms with E-state index in [0.717, 1.165) is 5.56 Å². The third kappa shape index (κ3) is 5.12. The van der Waals surface area contributed by atoms with Crippen molar-refractivity contribution < 1.29 is 14.4 Å². The van der Waals surface area contributed by atoms with Crippen molar-refractivity contribution in [3.05, 3.63) is 35.9 Å². The summed E-state index contributed by atoms with van der Waals surface area (Å²) in [5.74, 6) is -1.48. The second kappa shape index (κ2) is 6.65. The van der Waals surface area contributed by atoms with E-state index in [-0.39, 0.29) is 12.3 Å². The molecule has 0 aliphatic carbocycles.